The first-order valence-corrected chi connectivity index (χ1v) is 10.3. The number of ether oxygens (including phenoxy) is 4. The Morgan fingerprint density at radius 2 is 1.94 bits per heavy atom. The molecule has 4 rings (SSSR count). The van der Waals surface area contributed by atoms with Gasteiger partial charge in [0, 0.05) is 5.56 Å². The summed E-state index contributed by atoms with van der Waals surface area (Å²) in [6.45, 7) is 1.79. The van der Waals surface area contributed by atoms with Crippen molar-refractivity contribution in [1.82, 2.24) is 5.43 Å². The van der Waals surface area contributed by atoms with Crippen LogP contribution in [0.1, 0.15) is 24.2 Å². The minimum Gasteiger partial charge on any atom is -0.492 e. The van der Waals surface area contributed by atoms with Gasteiger partial charge in [-0.2, -0.15) is 5.10 Å². The topological polar surface area (TPSA) is 100.0 Å². The fourth-order valence-electron chi connectivity index (χ4n) is 3.48. The number of methoxy groups -OCH3 is 2. The van der Waals surface area contributed by atoms with Gasteiger partial charge >= 0.3 is 0 Å². The summed E-state index contributed by atoms with van der Waals surface area (Å²) in [4.78, 5) is 18.2. The van der Waals surface area contributed by atoms with Gasteiger partial charge in [0.1, 0.15) is 5.82 Å². The van der Waals surface area contributed by atoms with Gasteiger partial charge in [0.15, 0.2) is 23.3 Å². The summed E-state index contributed by atoms with van der Waals surface area (Å²) in [5, 5.41) is 7.76. The molecule has 1 amide bonds. The van der Waals surface area contributed by atoms with Crippen LogP contribution in [-0.2, 0) is 9.63 Å². The Hall–Kier alpha value is -3.34. The molecule has 2 heterocycles. The van der Waals surface area contributed by atoms with E-state index in [4.69, 9.17) is 23.8 Å². The Morgan fingerprint density at radius 3 is 2.62 bits per heavy atom. The van der Waals surface area contributed by atoms with E-state index in [1.165, 1.54) is 32.6 Å². The Kier molecular flexibility index (Phi) is 6.17. The number of nitrogens with zero attached hydrogens (tertiary/aromatic N) is 2. The van der Waals surface area contributed by atoms with Crippen molar-refractivity contribution < 1.29 is 33.0 Å². The summed E-state index contributed by atoms with van der Waals surface area (Å²) in [5.74, 6) is 0.0872. The van der Waals surface area contributed by atoms with Crippen LogP contribution in [0.4, 0.5) is 4.39 Å². The first-order chi connectivity index (χ1) is 15.5. The van der Waals surface area contributed by atoms with E-state index in [1.807, 2.05) is 0 Å². The zero-order valence-corrected chi connectivity index (χ0v) is 18.9. The van der Waals surface area contributed by atoms with Gasteiger partial charge in [0.05, 0.1) is 36.4 Å². The zero-order valence-electron chi connectivity index (χ0n) is 17.3. The minimum absolute atomic E-state index is 0.0171. The van der Waals surface area contributed by atoms with Gasteiger partial charge in [0.2, 0.25) is 18.3 Å². The standard InChI is InChI=1S/C21H19BrFN3O6/c1-10-15(21(27)25-24-8-11-6-4-5-7-12(11)23)26-32-16(10)13-14(22)18(29-3)20-19(17(13)28-2)30-9-31-20/h4-8,10,16H,9H2,1-3H3,(H,25,27). The van der Waals surface area contributed by atoms with Gasteiger partial charge in [-0.05, 0) is 22.0 Å². The molecule has 1 N–H and O–H groups in total. The number of nitrogens with one attached hydrogen (secondary N) is 1. The summed E-state index contributed by atoms with van der Waals surface area (Å²) in [6, 6.07) is 6.07. The van der Waals surface area contributed by atoms with Crippen LogP contribution in [-0.4, -0.2) is 38.8 Å². The molecule has 32 heavy (non-hydrogen) atoms. The van der Waals surface area contributed by atoms with E-state index < -0.39 is 23.7 Å². The van der Waals surface area contributed by atoms with Crippen molar-refractivity contribution in [1.29, 1.82) is 0 Å². The molecule has 2 unspecified atom stereocenters. The molecule has 0 bridgehead atoms. The molecular formula is C21H19BrFN3O6. The average molecular weight is 508 g/mol. The molecule has 0 aliphatic carbocycles. The molecule has 11 heteroatoms. The van der Waals surface area contributed by atoms with Crippen molar-refractivity contribution in [2.45, 2.75) is 13.0 Å². The number of hydrogen-bond acceptors (Lipinski definition) is 8. The maximum atomic E-state index is 13.7. The van der Waals surface area contributed by atoms with Crippen molar-refractivity contribution in [2.75, 3.05) is 21.0 Å². The first kappa shape index (κ1) is 21.9. The molecule has 0 radical (unpaired) electrons. The number of carbonyl (C=O) groups excluding carboxylic acids is 1. The smallest absolute Gasteiger partial charge is 0.289 e. The minimum atomic E-state index is -0.681. The molecule has 0 saturated heterocycles. The molecule has 168 valence electrons. The summed E-state index contributed by atoms with van der Waals surface area (Å²) in [5.41, 5.74) is 3.27. The summed E-state index contributed by atoms with van der Waals surface area (Å²) < 4.78 is 36.3. The quantitative estimate of drug-likeness (QED) is 0.474. The number of carbonyl (C=O) groups is 1. The number of hydrazone groups is 1. The van der Waals surface area contributed by atoms with Crippen molar-refractivity contribution in [2.24, 2.45) is 16.2 Å². The average Bonchev–Trinajstić information content (AvgIpc) is 3.41. The number of benzene rings is 2. The molecule has 0 aromatic heterocycles. The van der Waals surface area contributed by atoms with Crippen molar-refractivity contribution in [3.8, 4) is 23.0 Å². The number of rotatable bonds is 6. The van der Waals surface area contributed by atoms with Crippen LogP contribution in [0.3, 0.4) is 0 Å². The molecular weight excluding hydrogens is 489 g/mol. The molecule has 9 nitrogen and oxygen atoms in total. The molecule has 0 fully saturated rings. The second-order valence-corrected chi connectivity index (χ2v) is 7.66. The number of hydrogen-bond donors (Lipinski definition) is 1. The highest BCUT2D eigenvalue weighted by molar-refractivity contribution is 9.10. The third kappa shape index (κ3) is 3.72. The second kappa shape index (κ2) is 9.03. The molecule has 2 aliphatic rings. The predicted octanol–water partition coefficient (Wildman–Crippen LogP) is 3.55. The van der Waals surface area contributed by atoms with Gasteiger partial charge in [-0.3, -0.25) is 4.79 Å². The van der Waals surface area contributed by atoms with E-state index in [1.54, 1.807) is 19.1 Å². The number of amides is 1. The van der Waals surface area contributed by atoms with Crippen LogP contribution in [0.25, 0.3) is 0 Å². The summed E-state index contributed by atoms with van der Waals surface area (Å²) in [7, 11) is 2.99. The Balaban J connectivity index is 1.56. The first-order valence-electron chi connectivity index (χ1n) is 9.52. The summed E-state index contributed by atoms with van der Waals surface area (Å²) >= 11 is 3.52. The van der Waals surface area contributed by atoms with Gasteiger partial charge in [-0.25, -0.2) is 9.82 Å². The van der Waals surface area contributed by atoms with E-state index in [0.29, 0.717) is 33.0 Å². The van der Waals surface area contributed by atoms with Gasteiger partial charge < -0.3 is 23.8 Å². The highest BCUT2D eigenvalue weighted by Crippen LogP contribution is 2.57. The Bertz CT molecular complexity index is 1120. The van der Waals surface area contributed by atoms with Gasteiger partial charge in [-0.15, -0.1) is 0 Å². The van der Waals surface area contributed by atoms with Crippen molar-refractivity contribution in [3.63, 3.8) is 0 Å². The molecule has 2 aromatic rings. The highest BCUT2D eigenvalue weighted by Gasteiger charge is 2.42. The monoisotopic (exact) mass is 507 g/mol. The lowest BCUT2D eigenvalue weighted by molar-refractivity contribution is -0.115. The maximum absolute atomic E-state index is 13.7. The van der Waals surface area contributed by atoms with Crippen LogP contribution < -0.4 is 24.4 Å². The molecule has 2 aromatic carbocycles. The highest BCUT2D eigenvalue weighted by atomic mass is 79.9. The van der Waals surface area contributed by atoms with E-state index in [9.17, 15) is 9.18 Å². The Morgan fingerprint density at radius 1 is 1.25 bits per heavy atom. The van der Waals surface area contributed by atoms with Gasteiger partial charge in [-0.1, -0.05) is 30.3 Å². The third-order valence-corrected chi connectivity index (χ3v) is 5.84. The second-order valence-electron chi connectivity index (χ2n) is 6.87. The van der Waals surface area contributed by atoms with Crippen molar-refractivity contribution >= 4 is 33.8 Å². The van der Waals surface area contributed by atoms with Crippen LogP contribution in [0.15, 0.2) is 39.0 Å². The fraction of sp³-hybridized carbons (Fsp3) is 0.286. The van der Waals surface area contributed by atoms with E-state index in [0.717, 1.165) is 0 Å². The fourth-order valence-corrected chi connectivity index (χ4v) is 4.23. The van der Waals surface area contributed by atoms with Crippen molar-refractivity contribution in [3.05, 3.63) is 45.7 Å². The normalized spacial score (nSPS) is 19.0. The predicted molar refractivity (Wildman–Crippen MR) is 116 cm³/mol. The van der Waals surface area contributed by atoms with E-state index in [-0.39, 0.29) is 18.1 Å². The lowest BCUT2D eigenvalue weighted by atomic mass is 9.92. The van der Waals surface area contributed by atoms with Gasteiger partial charge in [0.25, 0.3) is 5.91 Å². The molecule has 2 atom stereocenters. The van der Waals surface area contributed by atoms with E-state index >= 15 is 0 Å². The molecule has 0 saturated carbocycles. The zero-order chi connectivity index (χ0) is 22.8. The van der Waals surface area contributed by atoms with Crippen LogP contribution in [0.5, 0.6) is 23.0 Å². The number of halogens is 2. The lowest BCUT2D eigenvalue weighted by Crippen LogP contribution is -2.31. The van der Waals surface area contributed by atoms with Crippen LogP contribution in [0, 0.1) is 11.7 Å². The Labute approximate surface area is 191 Å². The maximum Gasteiger partial charge on any atom is 0.289 e. The number of oxime groups is 1. The van der Waals surface area contributed by atoms with E-state index in [2.05, 4.69) is 31.6 Å². The molecule has 0 spiro atoms. The van der Waals surface area contributed by atoms with Crippen LogP contribution in [0.2, 0.25) is 0 Å². The SMILES string of the molecule is COc1c(Br)c(C2ON=C(C(=O)NN=Cc3ccccc3F)C2C)c(OC)c2c1OCO2. The number of fused-ring (bicyclic) bond motifs is 1. The van der Waals surface area contributed by atoms with Crippen LogP contribution >= 0.6 is 15.9 Å². The molecule has 2 aliphatic heterocycles. The third-order valence-electron chi connectivity index (χ3n) is 5.06. The summed E-state index contributed by atoms with van der Waals surface area (Å²) in [6.07, 6.45) is 0.535. The lowest BCUT2D eigenvalue weighted by Gasteiger charge is -2.21. The largest absolute Gasteiger partial charge is 0.492 e.